The Hall–Kier alpha value is -3.88. The number of benzene rings is 2. The maximum absolute atomic E-state index is 13.5. The van der Waals surface area contributed by atoms with Crippen molar-refractivity contribution in [1.29, 1.82) is 0 Å². The highest BCUT2D eigenvalue weighted by Gasteiger charge is 2.47. The number of likely N-dealkylation sites (tertiary alicyclic amines) is 1. The first-order valence-corrected chi connectivity index (χ1v) is 11.7. The fraction of sp³-hybridized carbons (Fsp3) is 0.346. The third kappa shape index (κ3) is 4.34. The average molecular weight is 477 g/mol. The van der Waals surface area contributed by atoms with Crippen LogP contribution in [0.2, 0.25) is 0 Å². The smallest absolute Gasteiger partial charge is 0.308 e. The lowest BCUT2D eigenvalue weighted by Crippen LogP contribution is -2.33. The highest BCUT2D eigenvalue weighted by molar-refractivity contribution is 6.05. The summed E-state index contributed by atoms with van der Waals surface area (Å²) in [6.45, 7) is -0.331. The monoisotopic (exact) mass is 477 g/mol. The van der Waals surface area contributed by atoms with Gasteiger partial charge in [-0.15, -0.1) is 0 Å². The summed E-state index contributed by atoms with van der Waals surface area (Å²) in [6.07, 6.45) is 3.15. The van der Waals surface area contributed by atoms with E-state index >= 15 is 0 Å². The fourth-order valence-corrected chi connectivity index (χ4v) is 5.00. The molecule has 2 aromatic carbocycles. The summed E-state index contributed by atoms with van der Waals surface area (Å²) < 4.78 is 20.1. The number of fused-ring (bicyclic) bond motifs is 2. The van der Waals surface area contributed by atoms with Crippen LogP contribution in [0, 0.1) is 17.7 Å². The number of hydrogen-bond acceptors (Lipinski definition) is 6. The van der Waals surface area contributed by atoms with E-state index in [0.717, 1.165) is 12.8 Å². The number of ether oxygens (including phenoxy) is 1. The molecule has 2 aliphatic rings. The van der Waals surface area contributed by atoms with Gasteiger partial charge < -0.3 is 4.74 Å². The molecule has 3 aromatic rings. The second kappa shape index (κ2) is 9.40. The predicted molar refractivity (Wildman–Crippen MR) is 124 cm³/mol. The van der Waals surface area contributed by atoms with Crippen LogP contribution in [0.15, 0.2) is 53.3 Å². The molecule has 2 fully saturated rings. The topological polar surface area (TPSA) is 98.6 Å². The lowest BCUT2D eigenvalue weighted by Gasteiger charge is -2.19. The minimum absolute atomic E-state index is 0.0284. The van der Waals surface area contributed by atoms with E-state index in [2.05, 4.69) is 4.98 Å². The van der Waals surface area contributed by atoms with Crippen LogP contribution in [0.4, 0.5) is 4.39 Å². The molecule has 1 saturated heterocycles. The second-order valence-electron chi connectivity index (χ2n) is 8.90. The summed E-state index contributed by atoms with van der Waals surface area (Å²) in [5.74, 6) is -1.82. The molecule has 1 aliphatic carbocycles. The fourth-order valence-electron chi connectivity index (χ4n) is 5.00. The summed E-state index contributed by atoms with van der Waals surface area (Å²) in [7, 11) is 0. The van der Waals surface area contributed by atoms with Gasteiger partial charge in [-0.05, 0) is 49.2 Å². The number of carbonyl (C=O) groups excluding carboxylic acids is 3. The molecule has 1 aliphatic heterocycles. The van der Waals surface area contributed by atoms with Gasteiger partial charge in [0.25, 0.3) is 5.56 Å². The molecule has 180 valence electrons. The Morgan fingerprint density at radius 3 is 2.31 bits per heavy atom. The number of carbonyl (C=O) groups is 3. The molecule has 2 amide bonds. The van der Waals surface area contributed by atoms with Crippen molar-refractivity contribution in [3.63, 3.8) is 0 Å². The van der Waals surface area contributed by atoms with E-state index in [9.17, 15) is 23.6 Å². The second-order valence-corrected chi connectivity index (χ2v) is 8.90. The van der Waals surface area contributed by atoms with Crippen LogP contribution in [-0.2, 0) is 25.7 Å². The predicted octanol–water partition coefficient (Wildman–Crippen LogP) is 3.13. The number of nitrogens with zero attached hydrogens (tertiary/aromatic N) is 3. The van der Waals surface area contributed by atoms with Crippen LogP contribution in [-0.4, -0.2) is 38.8 Å². The molecule has 9 heteroatoms. The Bertz CT molecular complexity index is 1340. The van der Waals surface area contributed by atoms with Crippen LogP contribution < -0.4 is 5.56 Å². The first kappa shape index (κ1) is 22.9. The van der Waals surface area contributed by atoms with Crippen molar-refractivity contribution < 1.29 is 23.5 Å². The molecule has 0 unspecified atom stereocenters. The van der Waals surface area contributed by atoms with Crippen LogP contribution in [0.5, 0.6) is 0 Å². The van der Waals surface area contributed by atoms with E-state index in [-0.39, 0.29) is 54.6 Å². The van der Waals surface area contributed by atoms with Gasteiger partial charge in [0.15, 0.2) is 5.82 Å². The zero-order chi connectivity index (χ0) is 24.5. The van der Waals surface area contributed by atoms with Crippen molar-refractivity contribution in [1.82, 2.24) is 14.5 Å². The van der Waals surface area contributed by atoms with Crippen molar-refractivity contribution in [3.8, 4) is 5.69 Å². The molecular weight excluding hydrogens is 453 g/mol. The molecule has 2 heterocycles. The van der Waals surface area contributed by atoms with E-state index in [1.54, 1.807) is 24.3 Å². The van der Waals surface area contributed by atoms with Gasteiger partial charge in [-0.3, -0.25) is 28.6 Å². The van der Waals surface area contributed by atoms with E-state index in [4.69, 9.17) is 4.74 Å². The molecule has 2 atom stereocenters. The number of imide groups is 1. The van der Waals surface area contributed by atoms with Crippen LogP contribution >= 0.6 is 0 Å². The zero-order valence-electron chi connectivity index (χ0n) is 19.0. The summed E-state index contributed by atoms with van der Waals surface area (Å²) in [5, 5.41) is 0.374. The maximum Gasteiger partial charge on any atom is 0.308 e. The zero-order valence-corrected chi connectivity index (χ0v) is 19.0. The van der Waals surface area contributed by atoms with Crippen molar-refractivity contribution in [3.05, 3.63) is 70.5 Å². The molecule has 0 bridgehead atoms. The van der Waals surface area contributed by atoms with Crippen molar-refractivity contribution >= 4 is 28.7 Å². The SMILES string of the molecule is O=C(CCN1C(=O)[C@H]2CCCC[C@@H]2C1=O)OCc1nc2ccccc2c(=O)n1-c1ccc(F)cc1. The summed E-state index contributed by atoms with van der Waals surface area (Å²) in [6, 6.07) is 12.1. The van der Waals surface area contributed by atoms with E-state index in [1.165, 1.54) is 33.7 Å². The largest absolute Gasteiger partial charge is 0.457 e. The number of esters is 1. The third-order valence-electron chi connectivity index (χ3n) is 6.76. The van der Waals surface area contributed by atoms with E-state index in [0.29, 0.717) is 29.4 Å². The van der Waals surface area contributed by atoms with Crippen molar-refractivity contribution in [2.75, 3.05) is 6.54 Å². The summed E-state index contributed by atoms with van der Waals surface area (Å²) >= 11 is 0. The first-order chi connectivity index (χ1) is 16.9. The van der Waals surface area contributed by atoms with Gasteiger partial charge in [0.2, 0.25) is 11.8 Å². The van der Waals surface area contributed by atoms with Gasteiger partial charge in [0, 0.05) is 6.54 Å². The number of rotatable bonds is 6. The number of halogens is 1. The Morgan fingerprint density at radius 1 is 0.971 bits per heavy atom. The van der Waals surface area contributed by atoms with Gasteiger partial charge in [-0.2, -0.15) is 0 Å². The van der Waals surface area contributed by atoms with Crippen LogP contribution in [0.1, 0.15) is 37.9 Å². The Balaban J connectivity index is 1.32. The lowest BCUT2D eigenvalue weighted by atomic mass is 9.81. The molecule has 5 rings (SSSR count). The normalized spacial score (nSPS) is 19.7. The standard InChI is InChI=1S/C26H24FN3O5/c27-16-9-11-17(12-10-16)30-22(28-21-8-4-3-7-20(21)26(30)34)15-35-23(31)13-14-29-24(32)18-5-1-2-6-19(18)25(29)33/h3-4,7-12,18-19H,1-2,5-6,13-15H2/t18-,19-/m0/s1. The van der Waals surface area contributed by atoms with Gasteiger partial charge in [-0.25, -0.2) is 9.37 Å². The lowest BCUT2D eigenvalue weighted by molar-refractivity contribution is -0.147. The number of amides is 2. The minimum Gasteiger partial charge on any atom is -0.457 e. The molecule has 0 N–H and O–H groups in total. The van der Waals surface area contributed by atoms with Gasteiger partial charge in [0.1, 0.15) is 12.4 Å². The minimum atomic E-state index is -0.617. The number of hydrogen-bond donors (Lipinski definition) is 0. The Kier molecular flexibility index (Phi) is 6.15. The molecule has 8 nitrogen and oxygen atoms in total. The highest BCUT2D eigenvalue weighted by Crippen LogP contribution is 2.38. The van der Waals surface area contributed by atoms with Crippen molar-refractivity contribution in [2.24, 2.45) is 11.8 Å². The van der Waals surface area contributed by atoms with Gasteiger partial charge in [0.05, 0.1) is 34.8 Å². The van der Waals surface area contributed by atoms with E-state index in [1.807, 2.05) is 0 Å². The Labute approximate surface area is 200 Å². The summed E-state index contributed by atoms with van der Waals surface area (Å²) in [4.78, 5) is 56.6. The van der Waals surface area contributed by atoms with Crippen LogP contribution in [0.3, 0.4) is 0 Å². The van der Waals surface area contributed by atoms with Gasteiger partial charge in [-0.1, -0.05) is 25.0 Å². The quantitative estimate of drug-likeness (QED) is 0.400. The molecule has 1 saturated carbocycles. The van der Waals surface area contributed by atoms with E-state index < -0.39 is 11.8 Å². The first-order valence-electron chi connectivity index (χ1n) is 11.7. The molecule has 0 spiro atoms. The van der Waals surface area contributed by atoms with Gasteiger partial charge >= 0.3 is 5.97 Å². The molecule has 1 aromatic heterocycles. The van der Waals surface area contributed by atoms with Crippen LogP contribution in [0.25, 0.3) is 16.6 Å². The van der Waals surface area contributed by atoms with Crippen molar-refractivity contribution in [2.45, 2.75) is 38.7 Å². The number of aromatic nitrogens is 2. The molecular formula is C26H24FN3O5. The molecule has 35 heavy (non-hydrogen) atoms. The maximum atomic E-state index is 13.5. The summed E-state index contributed by atoms with van der Waals surface area (Å²) in [5.41, 5.74) is 0.457. The average Bonchev–Trinajstić information content (AvgIpc) is 3.12. The highest BCUT2D eigenvalue weighted by atomic mass is 19.1. The Morgan fingerprint density at radius 2 is 1.63 bits per heavy atom. The molecule has 0 radical (unpaired) electrons. The number of para-hydroxylation sites is 1. The third-order valence-corrected chi connectivity index (χ3v) is 6.76.